The summed E-state index contributed by atoms with van der Waals surface area (Å²) in [5.41, 5.74) is 0.336. The average molecular weight is 357 g/mol. The monoisotopic (exact) mass is 357 g/mol. The van der Waals surface area contributed by atoms with E-state index in [0.29, 0.717) is 49.6 Å². The highest BCUT2D eigenvalue weighted by molar-refractivity contribution is 5.69. The number of nitro benzene ring substituents is 1. The minimum absolute atomic E-state index is 0.0214. The maximum atomic E-state index is 12.5. The van der Waals surface area contributed by atoms with Crippen LogP contribution in [-0.2, 0) is 6.42 Å². The zero-order valence-corrected chi connectivity index (χ0v) is 14.0. The van der Waals surface area contributed by atoms with E-state index in [-0.39, 0.29) is 18.8 Å². The molecule has 1 atom stereocenters. The van der Waals surface area contributed by atoms with Crippen molar-refractivity contribution in [1.82, 2.24) is 4.90 Å². The largest absolute Gasteiger partial charge is 0.484 e. The molecule has 1 aromatic carbocycles. The number of hydrogen-bond donors (Lipinski definition) is 1. The Bertz CT molecular complexity index is 665. The second kappa shape index (κ2) is 6.72. The van der Waals surface area contributed by atoms with Gasteiger partial charge in [0.15, 0.2) is 0 Å². The Labute approximate surface area is 143 Å². The molecule has 2 aliphatic rings. The third kappa shape index (κ3) is 3.67. The van der Waals surface area contributed by atoms with Crippen LogP contribution in [0.3, 0.4) is 0 Å². The second-order valence-electron chi connectivity index (χ2n) is 6.77. The molecule has 2 heterocycles. The lowest BCUT2D eigenvalue weighted by molar-refractivity contribution is -0.384. The van der Waals surface area contributed by atoms with E-state index in [1.165, 1.54) is 6.07 Å². The lowest BCUT2D eigenvalue weighted by Crippen LogP contribution is -2.47. The molecule has 1 saturated heterocycles. The van der Waals surface area contributed by atoms with Crippen LogP contribution in [0, 0.1) is 10.1 Å². The number of anilines is 1. The van der Waals surface area contributed by atoms with Crippen LogP contribution in [0.15, 0.2) is 12.1 Å². The van der Waals surface area contributed by atoms with Gasteiger partial charge in [0.1, 0.15) is 17.0 Å². The zero-order valence-electron chi connectivity index (χ0n) is 14.0. The Morgan fingerprint density at radius 3 is 2.60 bits per heavy atom. The molecule has 0 amide bonds. The average Bonchev–Trinajstić information content (AvgIpc) is 2.90. The van der Waals surface area contributed by atoms with Gasteiger partial charge in [0.25, 0.3) is 12.1 Å². The minimum Gasteiger partial charge on any atom is -0.484 e. The summed E-state index contributed by atoms with van der Waals surface area (Å²) in [4.78, 5) is 14.5. The number of ether oxygens (including phenoxy) is 1. The molecule has 0 aromatic heterocycles. The first kappa shape index (κ1) is 17.8. The molecule has 138 valence electrons. The first-order valence-corrected chi connectivity index (χ1v) is 8.18. The molecule has 2 aliphatic heterocycles. The first-order valence-electron chi connectivity index (χ1n) is 8.18. The van der Waals surface area contributed by atoms with E-state index in [2.05, 4.69) is 0 Å². The molecule has 0 bridgehead atoms. The van der Waals surface area contributed by atoms with E-state index in [4.69, 9.17) is 4.74 Å². The smallest absolute Gasteiger partial charge is 0.293 e. The molecule has 7 nitrogen and oxygen atoms in total. The quantitative estimate of drug-likeness (QED) is 0.638. The van der Waals surface area contributed by atoms with E-state index in [1.54, 1.807) is 17.9 Å². The number of nitro groups is 1. The van der Waals surface area contributed by atoms with Crippen LogP contribution >= 0.6 is 0 Å². The molecule has 1 N–H and O–H groups in total. The number of rotatable bonds is 5. The third-order valence-corrected chi connectivity index (χ3v) is 4.72. The van der Waals surface area contributed by atoms with Crippen LogP contribution in [0.25, 0.3) is 0 Å². The Morgan fingerprint density at radius 1 is 1.36 bits per heavy atom. The van der Waals surface area contributed by atoms with Gasteiger partial charge in [0.05, 0.1) is 18.1 Å². The van der Waals surface area contributed by atoms with Gasteiger partial charge in [-0.15, -0.1) is 0 Å². The highest BCUT2D eigenvalue weighted by Gasteiger charge is 2.37. The Morgan fingerprint density at radius 2 is 2.04 bits per heavy atom. The summed E-state index contributed by atoms with van der Waals surface area (Å²) in [6.07, 6.45) is -1.98. The van der Waals surface area contributed by atoms with Gasteiger partial charge in [0, 0.05) is 50.3 Å². The Hall–Kier alpha value is -2.00. The minimum atomic E-state index is -2.38. The van der Waals surface area contributed by atoms with Gasteiger partial charge in [-0.05, 0) is 6.92 Å². The number of nitrogens with zero attached hydrogens (tertiary/aromatic N) is 3. The second-order valence-corrected chi connectivity index (χ2v) is 6.77. The molecule has 9 heteroatoms. The third-order valence-electron chi connectivity index (χ3n) is 4.72. The number of halogens is 2. The molecule has 0 saturated carbocycles. The number of hydrogen-bond acceptors (Lipinski definition) is 6. The summed E-state index contributed by atoms with van der Waals surface area (Å²) in [5.74, 6) is 0.534. The summed E-state index contributed by atoms with van der Waals surface area (Å²) in [6, 6.07) is 3.13. The molecular weight excluding hydrogens is 336 g/mol. The molecule has 1 aromatic rings. The summed E-state index contributed by atoms with van der Waals surface area (Å²) in [5, 5.41) is 20.9. The molecule has 25 heavy (non-hydrogen) atoms. The van der Waals surface area contributed by atoms with Crippen molar-refractivity contribution in [3.05, 3.63) is 27.8 Å². The maximum absolute atomic E-state index is 12.5. The number of aliphatic hydroxyl groups excluding tert-OH is 1. The summed E-state index contributed by atoms with van der Waals surface area (Å²) < 4.78 is 30.7. The van der Waals surface area contributed by atoms with Crippen molar-refractivity contribution in [1.29, 1.82) is 0 Å². The van der Waals surface area contributed by atoms with Gasteiger partial charge in [-0.25, -0.2) is 8.78 Å². The molecule has 0 spiro atoms. The summed E-state index contributed by atoms with van der Waals surface area (Å²) in [6.45, 7) is 3.01. The molecule has 3 rings (SSSR count). The van der Waals surface area contributed by atoms with Gasteiger partial charge < -0.3 is 14.7 Å². The highest BCUT2D eigenvalue weighted by atomic mass is 19.3. The van der Waals surface area contributed by atoms with Crippen molar-refractivity contribution >= 4 is 11.4 Å². The van der Waals surface area contributed by atoms with E-state index >= 15 is 0 Å². The van der Waals surface area contributed by atoms with Crippen molar-refractivity contribution in [3.8, 4) is 5.75 Å². The Balaban J connectivity index is 1.83. The van der Waals surface area contributed by atoms with Crippen LogP contribution in [0.5, 0.6) is 5.75 Å². The van der Waals surface area contributed by atoms with Gasteiger partial charge >= 0.3 is 0 Å². The van der Waals surface area contributed by atoms with Crippen molar-refractivity contribution in [2.75, 3.05) is 44.2 Å². The number of aliphatic hydroxyl groups is 1. The topological polar surface area (TPSA) is 79.1 Å². The van der Waals surface area contributed by atoms with E-state index in [1.807, 2.05) is 4.90 Å². The maximum Gasteiger partial charge on any atom is 0.293 e. The van der Waals surface area contributed by atoms with Crippen molar-refractivity contribution in [2.24, 2.45) is 0 Å². The lowest BCUT2D eigenvalue weighted by atomic mass is 9.99. The SMILES string of the molecule is CC1(CO)Cc2cc([N+](=O)[O-])c(N3CCN(CC(F)F)CC3)cc2O1. The molecule has 1 fully saturated rings. The van der Waals surface area contributed by atoms with Gasteiger partial charge in [0.2, 0.25) is 0 Å². The number of benzene rings is 1. The number of fused-ring (bicyclic) bond motifs is 1. The predicted molar refractivity (Wildman–Crippen MR) is 87.6 cm³/mol. The fourth-order valence-electron chi connectivity index (χ4n) is 3.39. The molecule has 1 unspecified atom stereocenters. The number of alkyl halides is 2. The predicted octanol–water partition coefficient (Wildman–Crippen LogP) is 1.67. The van der Waals surface area contributed by atoms with Gasteiger partial charge in [-0.2, -0.15) is 0 Å². The lowest BCUT2D eigenvalue weighted by Gasteiger charge is -2.35. The van der Waals surface area contributed by atoms with E-state index in [0.717, 1.165) is 0 Å². The normalized spacial score (nSPS) is 23.6. The summed E-state index contributed by atoms with van der Waals surface area (Å²) >= 11 is 0. The van der Waals surface area contributed by atoms with Gasteiger partial charge in [-0.3, -0.25) is 15.0 Å². The van der Waals surface area contributed by atoms with Crippen LogP contribution in [0.2, 0.25) is 0 Å². The molecule has 0 aliphatic carbocycles. The first-order chi connectivity index (χ1) is 11.8. The van der Waals surface area contributed by atoms with Crippen molar-refractivity contribution in [2.45, 2.75) is 25.4 Å². The van der Waals surface area contributed by atoms with E-state index < -0.39 is 16.9 Å². The summed E-state index contributed by atoms with van der Waals surface area (Å²) in [7, 11) is 0. The fraction of sp³-hybridized carbons (Fsp3) is 0.625. The van der Waals surface area contributed by atoms with Crippen LogP contribution < -0.4 is 9.64 Å². The van der Waals surface area contributed by atoms with Crippen LogP contribution in [-0.4, -0.2) is 66.3 Å². The number of piperazine rings is 1. The zero-order chi connectivity index (χ0) is 18.2. The fourth-order valence-corrected chi connectivity index (χ4v) is 3.39. The van der Waals surface area contributed by atoms with E-state index in [9.17, 15) is 24.0 Å². The van der Waals surface area contributed by atoms with Gasteiger partial charge in [-0.1, -0.05) is 0 Å². The Kier molecular flexibility index (Phi) is 4.79. The standard InChI is InChI=1S/C16H21F2N3O4/c1-16(10-22)8-11-6-13(21(23)24)12(7-14(11)25-16)20-4-2-19(3-5-20)9-15(17)18/h6-7,15,22H,2-5,8-10H2,1H3. The van der Waals surface area contributed by atoms with Crippen molar-refractivity contribution < 1.29 is 23.5 Å². The van der Waals surface area contributed by atoms with Crippen molar-refractivity contribution in [3.63, 3.8) is 0 Å². The van der Waals surface area contributed by atoms with Crippen LogP contribution in [0.1, 0.15) is 12.5 Å². The molecular formula is C16H21F2N3O4. The van der Waals surface area contributed by atoms with Crippen LogP contribution in [0.4, 0.5) is 20.2 Å². The molecule has 0 radical (unpaired) electrons. The highest BCUT2D eigenvalue weighted by Crippen LogP contribution is 2.42.